The fourth-order valence-corrected chi connectivity index (χ4v) is 7.36. The predicted octanol–water partition coefficient (Wildman–Crippen LogP) is 7.50. The van der Waals surface area contributed by atoms with Crippen molar-refractivity contribution in [1.82, 2.24) is 15.0 Å². The van der Waals surface area contributed by atoms with E-state index in [-0.39, 0.29) is 0 Å². The minimum absolute atomic E-state index is 0.414. The topological polar surface area (TPSA) is 106 Å². The molecule has 8 nitrogen and oxygen atoms in total. The number of hydrogen-bond acceptors (Lipinski definition) is 7. The van der Waals surface area contributed by atoms with E-state index in [4.69, 9.17) is 16.3 Å². The van der Waals surface area contributed by atoms with Gasteiger partial charge in [-0.15, -0.1) is 27.8 Å². The van der Waals surface area contributed by atoms with Gasteiger partial charge in [0.15, 0.2) is 5.82 Å². The fourth-order valence-electron chi connectivity index (χ4n) is 4.62. The first-order valence-electron chi connectivity index (χ1n) is 12.2. The Bertz CT molecular complexity index is 1690. The van der Waals surface area contributed by atoms with Crippen molar-refractivity contribution in [1.29, 1.82) is 0 Å². The molecule has 1 atom stereocenters. The average Bonchev–Trinajstić information content (AvgIpc) is 3.31. The molecule has 0 saturated heterocycles. The Balaban J connectivity index is 1.22. The third kappa shape index (κ3) is 4.69. The number of aromatic nitrogens is 3. The van der Waals surface area contributed by atoms with Gasteiger partial charge in [0.1, 0.15) is 11.8 Å². The molecule has 0 aliphatic heterocycles. The molecule has 3 aromatic heterocycles. The van der Waals surface area contributed by atoms with Crippen LogP contribution in [0.3, 0.4) is 0 Å². The lowest BCUT2D eigenvalue weighted by molar-refractivity contribution is -0.140. The van der Waals surface area contributed by atoms with E-state index >= 15 is 0 Å². The van der Waals surface area contributed by atoms with Crippen molar-refractivity contribution in [2.75, 3.05) is 5.32 Å². The van der Waals surface area contributed by atoms with Crippen molar-refractivity contribution in [3.8, 4) is 21.0 Å². The highest BCUT2D eigenvalue weighted by Gasteiger charge is 2.52. The molecule has 3 heterocycles. The predicted molar refractivity (Wildman–Crippen MR) is 154 cm³/mol. The molecule has 11 heteroatoms. The number of aryl methyl sites for hydroxylation is 1. The molecule has 1 aliphatic carbocycles. The van der Waals surface area contributed by atoms with Crippen LogP contribution in [0, 0.1) is 0 Å². The summed E-state index contributed by atoms with van der Waals surface area (Å²) in [6.45, 7) is 1.82. The van der Waals surface area contributed by atoms with E-state index in [1.165, 1.54) is 4.68 Å². The van der Waals surface area contributed by atoms with Gasteiger partial charge >= 0.3 is 12.1 Å². The minimum Gasteiger partial charge on any atom is -0.481 e. The van der Waals surface area contributed by atoms with Gasteiger partial charge in [0.05, 0.1) is 10.3 Å². The van der Waals surface area contributed by atoms with Crippen molar-refractivity contribution in [2.24, 2.45) is 7.05 Å². The summed E-state index contributed by atoms with van der Waals surface area (Å²) in [5.41, 5.74) is 2.25. The summed E-state index contributed by atoms with van der Waals surface area (Å²) >= 11 is 9.69. The number of nitrogens with one attached hydrogen (secondary N) is 1. The lowest BCUT2D eigenvalue weighted by atomic mass is 9.95. The van der Waals surface area contributed by atoms with Crippen LogP contribution in [0.2, 0.25) is 5.02 Å². The number of aliphatic carboxylic acids is 1. The Hall–Kier alpha value is -3.73. The maximum Gasteiger partial charge on any atom is 0.413 e. The molecular weight excluding hydrogens is 556 g/mol. The number of carbonyl (C=O) groups excluding carboxylic acids is 1. The van der Waals surface area contributed by atoms with Crippen molar-refractivity contribution in [2.45, 2.75) is 31.3 Å². The largest absolute Gasteiger partial charge is 0.481 e. The van der Waals surface area contributed by atoms with Gasteiger partial charge in [-0.1, -0.05) is 59.3 Å². The number of benzene rings is 2. The number of rotatable bonds is 7. The van der Waals surface area contributed by atoms with Crippen LogP contribution in [0.15, 0.2) is 60.7 Å². The number of amides is 1. The van der Waals surface area contributed by atoms with Crippen LogP contribution >= 0.6 is 34.3 Å². The highest BCUT2D eigenvalue weighted by molar-refractivity contribution is 7.31. The van der Waals surface area contributed by atoms with Crippen LogP contribution in [0.5, 0.6) is 0 Å². The van der Waals surface area contributed by atoms with Crippen LogP contribution in [0.4, 0.5) is 10.6 Å². The van der Waals surface area contributed by atoms with E-state index < -0.39 is 23.6 Å². The molecule has 0 radical (unpaired) electrons. The van der Waals surface area contributed by atoms with E-state index in [1.54, 1.807) is 29.7 Å². The van der Waals surface area contributed by atoms with Gasteiger partial charge in [-0.2, -0.15) is 0 Å². The smallest absolute Gasteiger partial charge is 0.413 e. The van der Waals surface area contributed by atoms with Crippen LogP contribution in [0.1, 0.15) is 37.0 Å². The lowest BCUT2D eigenvalue weighted by Crippen LogP contribution is -2.19. The number of carbonyl (C=O) groups is 2. The third-order valence-corrected chi connectivity index (χ3v) is 9.63. The van der Waals surface area contributed by atoms with E-state index in [1.807, 2.05) is 61.5 Å². The number of halogens is 1. The number of fused-ring (bicyclic) bond motifs is 1. The molecule has 1 saturated carbocycles. The Morgan fingerprint density at radius 1 is 1.08 bits per heavy atom. The molecule has 0 bridgehead atoms. The lowest BCUT2D eigenvalue weighted by Gasteiger charge is -2.14. The molecule has 2 aromatic carbocycles. The zero-order valence-corrected chi connectivity index (χ0v) is 23.4. The van der Waals surface area contributed by atoms with Crippen molar-refractivity contribution in [3.05, 3.63) is 76.8 Å². The molecule has 1 fully saturated rings. The zero-order chi connectivity index (χ0) is 27.3. The van der Waals surface area contributed by atoms with E-state index in [0.29, 0.717) is 34.9 Å². The van der Waals surface area contributed by atoms with E-state index in [2.05, 4.69) is 21.7 Å². The highest BCUT2D eigenvalue weighted by Crippen LogP contribution is 2.51. The number of ether oxygens (including phenoxy) is 1. The molecule has 39 heavy (non-hydrogen) atoms. The number of hydrogen-bond donors (Lipinski definition) is 2. The second-order valence-electron chi connectivity index (χ2n) is 9.53. The number of thiophene rings is 2. The van der Waals surface area contributed by atoms with Crippen molar-refractivity contribution >= 4 is 61.6 Å². The second kappa shape index (κ2) is 9.78. The molecule has 1 aliphatic rings. The molecule has 1 unspecified atom stereocenters. The summed E-state index contributed by atoms with van der Waals surface area (Å²) < 4.78 is 9.20. The SMILES string of the molecule is CC(OC(=O)Nc1c(-c2cc3sc(-c4ccc(C5(C(=O)O)CC5)c(Cl)c4)cc3s2)nnn1C)c1ccccc1. The summed E-state index contributed by atoms with van der Waals surface area (Å²) in [5, 5.41) is 21.3. The summed E-state index contributed by atoms with van der Waals surface area (Å²) in [6, 6.07) is 19.3. The third-order valence-electron chi connectivity index (χ3n) is 6.97. The zero-order valence-electron chi connectivity index (χ0n) is 21.0. The van der Waals surface area contributed by atoms with Crippen LogP contribution in [-0.4, -0.2) is 32.2 Å². The summed E-state index contributed by atoms with van der Waals surface area (Å²) in [4.78, 5) is 26.3. The molecular formula is C28H23ClN4O4S2. The van der Waals surface area contributed by atoms with Crippen LogP contribution in [-0.2, 0) is 22.0 Å². The van der Waals surface area contributed by atoms with Gasteiger partial charge in [0.25, 0.3) is 0 Å². The van der Waals surface area contributed by atoms with Gasteiger partial charge in [-0.05, 0) is 54.7 Å². The number of carboxylic acid groups (broad SMARTS) is 1. The minimum atomic E-state index is -0.839. The van der Waals surface area contributed by atoms with Crippen LogP contribution in [0.25, 0.3) is 30.4 Å². The molecule has 2 N–H and O–H groups in total. The monoisotopic (exact) mass is 578 g/mol. The summed E-state index contributed by atoms with van der Waals surface area (Å²) in [6.07, 6.45) is 0.224. The van der Waals surface area contributed by atoms with Gasteiger partial charge < -0.3 is 9.84 Å². The standard InChI is InChI=1S/C28H23ClN4O4S2/c1-15(16-6-4-3-5-7-16)37-27(36)30-25-24(31-32-33(25)2)23-14-22-21(39-23)13-20(38-22)17-8-9-18(19(29)12-17)28(10-11-28)26(34)35/h3-9,12-15H,10-11H2,1-2H3,(H,30,36)(H,34,35). The summed E-state index contributed by atoms with van der Waals surface area (Å²) in [7, 11) is 1.71. The molecule has 1 amide bonds. The first-order chi connectivity index (χ1) is 18.7. The number of anilines is 1. The normalized spacial score (nSPS) is 14.7. The second-order valence-corrected chi connectivity index (χ2v) is 12.1. The maximum absolute atomic E-state index is 12.7. The van der Waals surface area contributed by atoms with Crippen LogP contribution < -0.4 is 5.32 Å². The van der Waals surface area contributed by atoms with Gasteiger partial charge in [0, 0.05) is 26.3 Å². The quantitative estimate of drug-likeness (QED) is 0.207. The first-order valence-corrected chi connectivity index (χ1v) is 14.3. The number of nitrogens with zero attached hydrogens (tertiary/aromatic N) is 3. The summed E-state index contributed by atoms with van der Waals surface area (Å²) in [5.74, 6) is -0.373. The Labute approximate surface area is 236 Å². The first kappa shape index (κ1) is 25.5. The Morgan fingerprint density at radius 3 is 2.44 bits per heavy atom. The van der Waals surface area contributed by atoms with E-state index in [0.717, 1.165) is 30.3 Å². The average molecular weight is 579 g/mol. The molecule has 0 spiro atoms. The number of carboxylic acids is 1. The van der Waals surface area contributed by atoms with Crippen molar-refractivity contribution in [3.63, 3.8) is 0 Å². The molecule has 5 aromatic rings. The molecule has 6 rings (SSSR count). The van der Waals surface area contributed by atoms with E-state index in [9.17, 15) is 14.7 Å². The maximum atomic E-state index is 12.7. The Kier molecular flexibility index (Phi) is 6.41. The molecule has 198 valence electrons. The Morgan fingerprint density at radius 2 is 1.77 bits per heavy atom. The highest BCUT2D eigenvalue weighted by atomic mass is 35.5. The van der Waals surface area contributed by atoms with Gasteiger partial charge in [-0.3, -0.25) is 10.1 Å². The van der Waals surface area contributed by atoms with Gasteiger partial charge in [-0.25, -0.2) is 9.48 Å². The van der Waals surface area contributed by atoms with Gasteiger partial charge in [0.2, 0.25) is 0 Å². The fraction of sp³-hybridized carbons (Fsp3) is 0.214. The van der Waals surface area contributed by atoms with Crippen molar-refractivity contribution < 1.29 is 19.4 Å².